The highest BCUT2D eigenvalue weighted by Gasteiger charge is 2.26. The van der Waals surface area contributed by atoms with Crippen molar-refractivity contribution in [3.8, 4) is 17.0 Å². The van der Waals surface area contributed by atoms with Crippen molar-refractivity contribution < 1.29 is 17.5 Å². The van der Waals surface area contributed by atoms with E-state index in [9.17, 15) is 8.42 Å². The summed E-state index contributed by atoms with van der Waals surface area (Å²) in [4.78, 5) is 8.06. The Hall–Kier alpha value is -2.26. The van der Waals surface area contributed by atoms with Crippen molar-refractivity contribution in [3.05, 3.63) is 35.9 Å². The maximum atomic E-state index is 15.1. The Morgan fingerprint density at radius 2 is 2.08 bits per heavy atom. The molecule has 0 radical (unpaired) electrons. The average molecular weight is 380 g/mol. The lowest BCUT2D eigenvalue weighted by Crippen LogP contribution is -2.27. The van der Waals surface area contributed by atoms with Gasteiger partial charge in [0.05, 0.1) is 24.3 Å². The SMILES string of the molecule is CS(=O)(=O)NCCOc1c(C2CCC2)ccc(-c2cnc(N)cn2)c1F. The van der Waals surface area contributed by atoms with Crippen LogP contribution >= 0.6 is 0 Å². The topological polar surface area (TPSA) is 107 Å². The third kappa shape index (κ3) is 4.28. The third-order valence-corrected chi connectivity index (χ3v) is 5.06. The summed E-state index contributed by atoms with van der Waals surface area (Å²) < 4.78 is 45.4. The fraction of sp³-hybridized carbons (Fsp3) is 0.412. The van der Waals surface area contributed by atoms with Gasteiger partial charge in [-0.2, -0.15) is 0 Å². The number of nitrogens with zero attached hydrogens (tertiary/aromatic N) is 2. The lowest BCUT2D eigenvalue weighted by molar-refractivity contribution is 0.293. The molecule has 3 rings (SSSR count). The van der Waals surface area contributed by atoms with Crippen LogP contribution in [-0.2, 0) is 10.0 Å². The lowest BCUT2D eigenvalue weighted by Gasteiger charge is -2.28. The molecular weight excluding hydrogens is 359 g/mol. The van der Waals surface area contributed by atoms with Gasteiger partial charge >= 0.3 is 0 Å². The van der Waals surface area contributed by atoms with Gasteiger partial charge in [0.2, 0.25) is 10.0 Å². The van der Waals surface area contributed by atoms with E-state index in [1.165, 1.54) is 12.4 Å². The maximum absolute atomic E-state index is 15.1. The molecule has 140 valence electrons. The number of halogens is 1. The van der Waals surface area contributed by atoms with Gasteiger partial charge in [0.25, 0.3) is 0 Å². The highest BCUT2D eigenvalue weighted by Crippen LogP contribution is 2.43. The Kier molecular flexibility index (Phi) is 5.38. The first-order valence-corrected chi connectivity index (χ1v) is 10.2. The minimum atomic E-state index is -3.32. The zero-order valence-electron chi connectivity index (χ0n) is 14.4. The molecule has 9 heteroatoms. The van der Waals surface area contributed by atoms with E-state index in [-0.39, 0.29) is 36.2 Å². The minimum absolute atomic E-state index is 0.0284. The second kappa shape index (κ2) is 7.55. The van der Waals surface area contributed by atoms with Crippen molar-refractivity contribution in [2.24, 2.45) is 0 Å². The summed E-state index contributed by atoms with van der Waals surface area (Å²) in [6, 6.07) is 3.52. The molecule has 0 amide bonds. The van der Waals surface area contributed by atoms with E-state index in [1.807, 2.05) is 6.07 Å². The molecule has 26 heavy (non-hydrogen) atoms. The van der Waals surface area contributed by atoms with Crippen molar-refractivity contribution in [2.45, 2.75) is 25.2 Å². The molecule has 2 aromatic rings. The summed E-state index contributed by atoms with van der Waals surface area (Å²) >= 11 is 0. The van der Waals surface area contributed by atoms with E-state index in [0.29, 0.717) is 5.69 Å². The van der Waals surface area contributed by atoms with Gasteiger partial charge in [0.1, 0.15) is 12.4 Å². The van der Waals surface area contributed by atoms with Gasteiger partial charge in [-0.3, -0.25) is 4.98 Å². The molecule has 0 unspecified atom stereocenters. The Bertz CT molecular complexity index is 884. The summed E-state index contributed by atoms with van der Waals surface area (Å²) in [6.45, 7) is 0.0921. The van der Waals surface area contributed by atoms with Crippen molar-refractivity contribution >= 4 is 15.8 Å². The van der Waals surface area contributed by atoms with Gasteiger partial charge in [0, 0.05) is 17.7 Å². The van der Waals surface area contributed by atoms with Gasteiger partial charge in [-0.1, -0.05) is 12.5 Å². The standard InChI is InChI=1S/C17H21FN4O3S/c1-26(23,24)22-7-8-25-17-12(11-3-2-4-11)5-6-13(16(17)18)14-9-21-15(19)10-20-14/h5-6,9-11,22H,2-4,7-8H2,1H3,(H2,19,21). The first-order valence-electron chi connectivity index (χ1n) is 8.33. The molecule has 1 saturated carbocycles. The number of aromatic nitrogens is 2. The molecule has 1 aliphatic carbocycles. The van der Waals surface area contributed by atoms with Crippen molar-refractivity contribution in [3.63, 3.8) is 0 Å². The van der Waals surface area contributed by atoms with Crippen molar-refractivity contribution in [2.75, 3.05) is 25.1 Å². The first kappa shape index (κ1) is 18.5. The van der Waals surface area contributed by atoms with Crippen LogP contribution in [0.3, 0.4) is 0 Å². The van der Waals surface area contributed by atoms with Gasteiger partial charge in [0.15, 0.2) is 11.6 Å². The lowest BCUT2D eigenvalue weighted by atomic mass is 9.79. The van der Waals surface area contributed by atoms with Crippen LogP contribution in [0.5, 0.6) is 5.75 Å². The third-order valence-electron chi connectivity index (χ3n) is 4.33. The van der Waals surface area contributed by atoms with E-state index in [0.717, 1.165) is 31.1 Å². The predicted molar refractivity (Wildman–Crippen MR) is 96.8 cm³/mol. The quantitative estimate of drug-likeness (QED) is 0.712. The average Bonchev–Trinajstić information content (AvgIpc) is 2.52. The zero-order chi connectivity index (χ0) is 18.7. The molecule has 1 fully saturated rings. The Labute approximate surface area is 151 Å². The summed E-state index contributed by atoms with van der Waals surface area (Å²) in [5.74, 6) is 0.145. The summed E-state index contributed by atoms with van der Waals surface area (Å²) in [5, 5.41) is 0. The molecule has 1 heterocycles. The summed E-state index contributed by atoms with van der Waals surface area (Å²) in [7, 11) is -3.32. The fourth-order valence-corrected chi connectivity index (χ4v) is 3.27. The summed E-state index contributed by atoms with van der Waals surface area (Å²) in [5.41, 5.74) is 6.96. The number of rotatable bonds is 7. The number of nitrogens with two attached hydrogens (primary N) is 1. The molecule has 1 aromatic heterocycles. The molecule has 0 atom stereocenters. The van der Waals surface area contributed by atoms with Crippen molar-refractivity contribution in [1.82, 2.24) is 14.7 Å². The van der Waals surface area contributed by atoms with E-state index in [1.54, 1.807) is 6.07 Å². The second-order valence-corrected chi connectivity index (χ2v) is 8.15. The van der Waals surface area contributed by atoms with Crippen molar-refractivity contribution in [1.29, 1.82) is 0 Å². The molecule has 1 aromatic carbocycles. The fourth-order valence-electron chi connectivity index (χ4n) is 2.81. The highest BCUT2D eigenvalue weighted by atomic mass is 32.2. The van der Waals surface area contributed by atoms with Crippen LogP contribution in [0.25, 0.3) is 11.3 Å². The zero-order valence-corrected chi connectivity index (χ0v) is 15.2. The number of anilines is 1. The van der Waals surface area contributed by atoms with Gasteiger partial charge in [-0.25, -0.2) is 22.5 Å². The van der Waals surface area contributed by atoms with E-state index in [2.05, 4.69) is 14.7 Å². The first-order chi connectivity index (χ1) is 12.3. The Morgan fingerprint density at radius 3 is 2.65 bits per heavy atom. The minimum Gasteiger partial charge on any atom is -0.489 e. The van der Waals surface area contributed by atoms with Crippen LogP contribution in [0.4, 0.5) is 10.2 Å². The van der Waals surface area contributed by atoms with Crippen LogP contribution in [-0.4, -0.2) is 37.8 Å². The molecule has 7 nitrogen and oxygen atoms in total. The van der Waals surface area contributed by atoms with Crippen LogP contribution in [0.1, 0.15) is 30.7 Å². The summed E-state index contributed by atoms with van der Waals surface area (Å²) in [6.07, 6.45) is 6.91. The number of hydrogen-bond donors (Lipinski definition) is 2. The molecule has 0 saturated heterocycles. The van der Waals surface area contributed by atoms with E-state index >= 15 is 4.39 Å². The number of hydrogen-bond acceptors (Lipinski definition) is 6. The van der Waals surface area contributed by atoms with Gasteiger partial charge in [-0.05, 0) is 24.8 Å². The molecule has 0 bridgehead atoms. The van der Waals surface area contributed by atoms with Crippen LogP contribution in [0.15, 0.2) is 24.5 Å². The van der Waals surface area contributed by atoms with E-state index < -0.39 is 15.8 Å². The largest absolute Gasteiger partial charge is 0.489 e. The smallest absolute Gasteiger partial charge is 0.208 e. The monoisotopic (exact) mass is 380 g/mol. The van der Waals surface area contributed by atoms with Crippen LogP contribution in [0.2, 0.25) is 0 Å². The van der Waals surface area contributed by atoms with Crippen LogP contribution in [0, 0.1) is 5.82 Å². The van der Waals surface area contributed by atoms with Crippen LogP contribution < -0.4 is 15.2 Å². The number of nitrogen functional groups attached to an aromatic ring is 1. The number of ether oxygens (including phenoxy) is 1. The number of nitrogens with one attached hydrogen (secondary N) is 1. The second-order valence-electron chi connectivity index (χ2n) is 6.31. The van der Waals surface area contributed by atoms with E-state index in [4.69, 9.17) is 10.5 Å². The van der Waals surface area contributed by atoms with Gasteiger partial charge in [-0.15, -0.1) is 0 Å². The molecule has 0 aliphatic heterocycles. The molecule has 3 N–H and O–H groups in total. The molecular formula is C17H21FN4O3S. The maximum Gasteiger partial charge on any atom is 0.208 e. The molecule has 0 spiro atoms. The number of sulfonamides is 1. The number of benzene rings is 1. The highest BCUT2D eigenvalue weighted by molar-refractivity contribution is 7.88. The van der Waals surface area contributed by atoms with Gasteiger partial charge < -0.3 is 10.5 Å². The normalized spacial score (nSPS) is 14.8. The predicted octanol–water partition coefficient (Wildman–Crippen LogP) is 2.06. The Morgan fingerprint density at radius 1 is 1.31 bits per heavy atom. The molecule has 1 aliphatic rings. The Balaban J connectivity index is 1.87.